The van der Waals surface area contributed by atoms with E-state index in [-0.39, 0.29) is 23.5 Å². The van der Waals surface area contributed by atoms with E-state index in [0.717, 1.165) is 26.9 Å². The van der Waals surface area contributed by atoms with Gasteiger partial charge >= 0.3 is 17.9 Å². The van der Waals surface area contributed by atoms with Gasteiger partial charge in [0.2, 0.25) is 5.91 Å². The summed E-state index contributed by atoms with van der Waals surface area (Å²) in [7, 11) is 3.40. The fourth-order valence-electron chi connectivity index (χ4n) is 2.74. The van der Waals surface area contributed by atoms with Gasteiger partial charge in [-0.2, -0.15) is 0 Å². The zero-order valence-corrected chi connectivity index (χ0v) is 16.3. The van der Waals surface area contributed by atoms with Crippen molar-refractivity contribution in [1.82, 2.24) is 0 Å². The van der Waals surface area contributed by atoms with Gasteiger partial charge in [0.25, 0.3) is 0 Å². The number of anilines is 1. The molecule has 0 atom stereocenters. The molecule has 0 aliphatic heterocycles. The van der Waals surface area contributed by atoms with Crippen molar-refractivity contribution in [2.24, 2.45) is 0 Å². The predicted octanol–water partition coefficient (Wildman–Crippen LogP) is 2.08. The minimum Gasteiger partial charge on any atom is -0.468 e. The Bertz CT molecular complexity index is 893. The maximum Gasteiger partial charge on any atom is 0.338 e. The first-order valence-electron chi connectivity index (χ1n) is 8.63. The smallest absolute Gasteiger partial charge is 0.338 e. The Morgan fingerprint density at radius 3 is 2.03 bits per heavy atom. The average Bonchev–Trinajstić information content (AvgIpc) is 2.74. The number of methoxy groups -OCH3 is 3. The molecule has 8 heteroatoms. The Hall–Kier alpha value is -3.68. The highest BCUT2D eigenvalue weighted by molar-refractivity contribution is 6.05. The zero-order valence-electron chi connectivity index (χ0n) is 16.3. The lowest BCUT2D eigenvalue weighted by Crippen LogP contribution is -2.26. The lowest BCUT2D eigenvalue weighted by Gasteiger charge is -2.17. The largest absolute Gasteiger partial charge is 0.468 e. The molecule has 2 aromatic rings. The molecular formula is C21H21NO7. The molecule has 0 aliphatic carbocycles. The lowest BCUT2D eigenvalue weighted by molar-refractivity contribution is -0.154. The van der Waals surface area contributed by atoms with Crippen LogP contribution < -0.4 is 5.32 Å². The maximum absolute atomic E-state index is 12.3. The number of ether oxygens (including phenoxy) is 3. The van der Waals surface area contributed by atoms with Crippen LogP contribution >= 0.6 is 0 Å². The van der Waals surface area contributed by atoms with Crippen molar-refractivity contribution in [2.45, 2.75) is 12.3 Å². The minimum atomic E-state index is -1.46. The quantitative estimate of drug-likeness (QED) is 0.431. The molecule has 0 bridgehead atoms. The number of hydrogen-bond acceptors (Lipinski definition) is 7. The van der Waals surface area contributed by atoms with Crippen LogP contribution in [0.1, 0.15) is 27.4 Å². The summed E-state index contributed by atoms with van der Waals surface area (Å²) in [5.74, 6) is -4.31. The van der Waals surface area contributed by atoms with Gasteiger partial charge in [-0.1, -0.05) is 36.4 Å². The molecule has 0 aromatic heterocycles. The monoisotopic (exact) mass is 399 g/mol. The van der Waals surface area contributed by atoms with E-state index in [1.165, 1.54) is 18.2 Å². The number of amides is 1. The Kier molecular flexibility index (Phi) is 7.47. The molecule has 2 rings (SSSR count). The molecule has 0 radical (unpaired) electrons. The Labute approximate surface area is 167 Å². The SMILES string of the molecule is COC(=O)c1cc(NC(=O)Cc2ccccc2)ccc1C(C(=O)OC)C(=O)OC. The first-order chi connectivity index (χ1) is 13.9. The van der Waals surface area contributed by atoms with Gasteiger partial charge < -0.3 is 19.5 Å². The molecule has 1 amide bonds. The first-order valence-corrected chi connectivity index (χ1v) is 8.63. The molecule has 152 valence electrons. The van der Waals surface area contributed by atoms with Crippen molar-refractivity contribution in [3.8, 4) is 0 Å². The van der Waals surface area contributed by atoms with Crippen LogP contribution in [0.25, 0.3) is 0 Å². The summed E-state index contributed by atoms with van der Waals surface area (Å²) >= 11 is 0. The van der Waals surface area contributed by atoms with E-state index in [2.05, 4.69) is 14.8 Å². The predicted molar refractivity (Wildman–Crippen MR) is 103 cm³/mol. The van der Waals surface area contributed by atoms with Crippen LogP contribution in [-0.4, -0.2) is 45.1 Å². The highest BCUT2D eigenvalue weighted by atomic mass is 16.5. The Morgan fingerprint density at radius 1 is 0.862 bits per heavy atom. The van der Waals surface area contributed by atoms with Crippen LogP contribution in [0.15, 0.2) is 48.5 Å². The second kappa shape index (κ2) is 10.0. The topological polar surface area (TPSA) is 108 Å². The van der Waals surface area contributed by atoms with Gasteiger partial charge in [0.1, 0.15) is 0 Å². The number of esters is 3. The van der Waals surface area contributed by atoms with Gasteiger partial charge in [0.05, 0.1) is 33.3 Å². The first kappa shape index (κ1) is 21.6. The summed E-state index contributed by atoms with van der Waals surface area (Å²) in [6.07, 6.45) is 0.142. The van der Waals surface area contributed by atoms with Crippen molar-refractivity contribution in [3.05, 3.63) is 65.2 Å². The van der Waals surface area contributed by atoms with E-state index in [0.29, 0.717) is 5.69 Å². The van der Waals surface area contributed by atoms with Gasteiger partial charge in [-0.05, 0) is 23.3 Å². The van der Waals surface area contributed by atoms with E-state index < -0.39 is 23.8 Å². The minimum absolute atomic E-state index is 0.0524. The van der Waals surface area contributed by atoms with E-state index >= 15 is 0 Å². The third-order valence-corrected chi connectivity index (χ3v) is 4.13. The average molecular weight is 399 g/mol. The zero-order chi connectivity index (χ0) is 21.4. The summed E-state index contributed by atoms with van der Waals surface area (Å²) in [5, 5.41) is 2.68. The molecule has 0 saturated heterocycles. The van der Waals surface area contributed by atoms with Crippen LogP contribution in [0.5, 0.6) is 0 Å². The highest BCUT2D eigenvalue weighted by Crippen LogP contribution is 2.27. The van der Waals surface area contributed by atoms with Gasteiger partial charge in [0, 0.05) is 5.69 Å². The summed E-state index contributed by atoms with van der Waals surface area (Å²) < 4.78 is 14.1. The van der Waals surface area contributed by atoms with Gasteiger partial charge in [0.15, 0.2) is 5.92 Å². The third-order valence-electron chi connectivity index (χ3n) is 4.13. The van der Waals surface area contributed by atoms with Crippen molar-refractivity contribution in [2.75, 3.05) is 26.6 Å². The Balaban J connectivity index is 2.35. The van der Waals surface area contributed by atoms with Crippen LogP contribution in [0, 0.1) is 0 Å². The lowest BCUT2D eigenvalue weighted by atomic mass is 9.93. The standard InChI is InChI=1S/C21H21NO7/c1-27-19(24)16-12-14(22-17(23)11-13-7-5-4-6-8-13)9-10-15(16)18(20(25)28-2)21(26)29-3/h4-10,12,18H,11H2,1-3H3,(H,22,23). The summed E-state index contributed by atoms with van der Waals surface area (Å²) in [4.78, 5) is 48.7. The number of hydrogen-bond donors (Lipinski definition) is 1. The van der Waals surface area contributed by atoms with Crippen molar-refractivity contribution < 1.29 is 33.4 Å². The number of carbonyl (C=O) groups is 4. The molecule has 0 aliphatic rings. The van der Waals surface area contributed by atoms with Crippen molar-refractivity contribution in [1.29, 1.82) is 0 Å². The number of carbonyl (C=O) groups excluding carboxylic acids is 4. The van der Waals surface area contributed by atoms with Gasteiger partial charge in [-0.25, -0.2) is 4.79 Å². The summed E-state index contributed by atoms with van der Waals surface area (Å²) in [6, 6.07) is 13.3. The summed E-state index contributed by atoms with van der Waals surface area (Å²) in [6.45, 7) is 0. The van der Waals surface area contributed by atoms with Gasteiger partial charge in [-0.3, -0.25) is 14.4 Å². The second-order valence-electron chi connectivity index (χ2n) is 5.98. The molecular weight excluding hydrogens is 378 g/mol. The molecule has 8 nitrogen and oxygen atoms in total. The maximum atomic E-state index is 12.3. The third kappa shape index (κ3) is 5.41. The van der Waals surface area contributed by atoms with E-state index in [1.807, 2.05) is 30.3 Å². The number of benzene rings is 2. The fourth-order valence-corrected chi connectivity index (χ4v) is 2.74. The van der Waals surface area contributed by atoms with Crippen LogP contribution in [0.4, 0.5) is 5.69 Å². The van der Waals surface area contributed by atoms with Crippen molar-refractivity contribution >= 4 is 29.5 Å². The van der Waals surface area contributed by atoms with Crippen LogP contribution in [0.3, 0.4) is 0 Å². The molecule has 2 aromatic carbocycles. The normalized spacial score (nSPS) is 10.2. The molecule has 0 unspecified atom stereocenters. The molecule has 0 fully saturated rings. The molecule has 0 spiro atoms. The number of rotatable bonds is 7. The second-order valence-corrected chi connectivity index (χ2v) is 5.98. The van der Waals surface area contributed by atoms with E-state index in [9.17, 15) is 19.2 Å². The molecule has 0 saturated carbocycles. The van der Waals surface area contributed by atoms with Crippen molar-refractivity contribution in [3.63, 3.8) is 0 Å². The summed E-state index contributed by atoms with van der Waals surface area (Å²) in [5.41, 5.74) is 1.12. The molecule has 1 N–H and O–H groups in total. The fraction of sp³-hybridized carbons (Fsp3) is 0.238. The van der Waals surface area contributed by atoms with Gasteiger partial charge in [-0.15, -0.1) is 0 Å². The number of nitrogens with one attached hydrogen (secondary N) is 1. The highest BCUT2D eigenvalue weighted by Gasteiger charge is 2.34. The van der Waals surface area contributed by atoms with Crippen LogP contribution in [-0.2, 0) is 35.0 Å². The molecule has 0 heterocycles. The van der Waals surface area contributed by atoms with E-state index in [1.54, 1.807) is 0 Å². The van der Waals surface area contributed by atoms with Crippen LogP contribution in [0.2, 0.25) is 0 Å². The Morgan fingerprint density at radius 2 is 1.48 bits per heavy atom. The molecule has 29 heavy (non-hydrogen) atoms. The van der Waals surface area contributed by atoms with E-state index in [4.69, 9.17) is 4.74 Å².